The number of alkyl carbamates (subject to hydrolysis) is 1. The molecule has 2 unspecified atom stereocenters. The zero-order valence-corrected chi connectivity index (χ0v) is 23.8. The van der Waals surface area contributed by atoms with Gasteiger partial charge in [-0.2, -0.15) is 0 Å². The third-order valence-corrected chi connectivity index (χ3v) is 6.14. The SMILES string of the molecule is CCOC(=O)CCNC(=O)C(c1c(C)cccc1C)N(C(=O)C(CCC(N)=O)NC(=O)OC(C)(C)C)C1CC1. The molecule has 1 aliphatic rings. The van der Waals surface area contributed by atoms with Crippen molar-refractivity contribution in [3.05, 3.63) is 34.9 Å². The Labute approximate surface area is 230 Å². The molecule has 0 saturated heterocycles. The fourth-order valence-corrected chi connectivity index (χ4v) is 4.32. The number of nitrogens with two attached hydrogens (primary N) is 1. The highest BCUT2D eigenvalue weighted by molar-refractivity contribution is 5.93. The van der Waals surface area contributed by atoms with Gasteiger partial charge in [0.05, 0.1) is 13.0 Å². The van der Waals surface area contributed by atoms with Gasteiger partial charge in [0, 0.05) is 19.0 Å². The molecule has 1 aromatic carbocycles. The molecule has 2 atom stereocenters. The van der Waals surface area contributed by atoms with E-state index < -0.39 is 47.5 Å². The maximum atomic E-state index is 14.1. The minimum absolute atomic E-state index is 0.0160. The van der Waals surface area contributed by atoms with Gasteiger partial charge in [-0.15, -0.1) is 0 Å². The van der Waals surface area contributed by atoms with Crippen LogP contribution in [0, 0.1) is 13.8 Å². The highest BCUT2D eigenvalue weighted by Gasteiger charge is 2.44. The van der Waals surface area contributed by atoms with Gasteiger partial charge in [0.15, 0.2) is 0 Å². The first kappa shape index (κ1) is 31.6. The van der Waals surface area contributed by atoms with Crippen LogP contribution in [0.2, 0.25) is 0 Å². The molecule has 1 fully saturated rings. The molecule has 11 heteroatoms. The largest absolute Gasteiger partial charge is 0.466 e. The van der Waals surface area contributed by atoms with Crippen molar-refractivity contribution < 1.29 is 33.4 Å². The number of ether oxygens (including phenoxy) is 2. The highest BCUT2D eigenvalue weighted by atomic mass is 16.6. The zero-order chi connectivity index (χ0) is 29.3. The number of hydrogen-bond donors (Lipinski definition) is 3. The van der Waals surface area contributed by atoms with E-state index in [-0.39, 0.29) is 38.5 Å². The molecule has 11 nitrogen and oxygen atoms in total. The Balaban J connectivity index is 2.45. The first-order valence-electron chi connectivity index (χ1n) is 13.3. The standard InChI is InChI=1S/C28H42N4O7/c1-7-38-22(34)15-16-30-25(35)24(23-17(2)9-8-10-18(23)3)32(19-11-12-19)26(36)20(13-14-21(29)33)31-27(37)39-28(4,5)6/h8-10,19-20,24H,7,11-16H2,1-6H3,(H2,29,33)(H,30,35)(H,31,37). The number of primary amides is 1. The molecule has 1 aliphatic carbocycles. The lowest BCUT2D eigenvalue weighted by Crippen LogP contribution is -2.54. The smallest absolute Gasteiger partial charge is 0.408 e. The molecule has 4 amide bonds. The molecule has 1 aromatic rings. The van der Waals surface area contributed by atoms with E-state index in [9.17, 15) is 24.0 Å². The molecule has 0 radical (unpaired) electrons. The fraction of sp³-hybridized carbons (Fsp3) is 0.607. The molecule has 216 valence electrons. The maximum Gasteiger partial charge on any atom is 0.408 e. The summed E-state index contributed by atoms with van der Waals surface area (Å²) >= 11 is 0. The van der Waals surface area contributed by atoms with Gasteiger partial charge in [0.1, 0.15) is 17.7 Å². The normalized spacial score (nSPS) is 14.5. The lowest BCUT2D eigenvalue weighted by atomic mass is 9.93. The summed E-state index contributed by atoms with van der Waals surface area (Å²) in [6.45, 7) is 10.8. The number of nitrogens with zero attached hydrogens (tertiary/aromatic N) is 1. The highest BCUT2D eigenvalue weighted by Crippen LogP contribution is 2.38. The summed E-state index contributed by atoms with van der Waals surface area (Å²) in [4.78, 5) is 65.3. The molecule has 0 aliphatic heterocycles. The first-order valence-corrected chi connectivity index (χ1v) is 13.3. The number of carbonyl (C=O) groups excluding carboxylic acids is 5. The Morgan fingerprint density at radius 2 is 1.69 bits per heavy atom. The van der Waals surface area contributed by atoms with Crippen LogP contribution in [0.15, 0.2) is 18.2 Å². The lowest BCUT2D eigenvalue weighted by molar-refractivity contribution is -0.145. The maximum absolute atomic E-state index is 14.1. The predicted molar refractivity (Wildman–Crippen MR) is 144 cm³/mol. The third-order valence-electron chi connectivity index (χ3n) is 6.14. The number of rotatable bonds is 13. The van der Waals surface area contributed by atoms with E-state index in [4.69, 9.17) is 15.2 Å². The van der Waals surface area contributed by atoms with Crippen molar-refractivity contribution in [2.45, 2.75) is 97.4 Å². The lowest BCUT2D eigenvalue weighted by Gasteiger charge is -2.36. The van der Waals surface area contributed by atoms with Crippen LogP contribution in [0.5, 0.6) is 0 Å². The first-order chi connectivity index (χ1) is 18.2. The number of aryl methyl sites for hydroxylation is 2. The van der Waals surface area contributed by atoms with Crippen molar-refractivity contribution in [1.82, 2.24) is 15.5 Å². The van der Waals surface area contributed by atoms with Gasteiger partial charge in [-0.1, -0.05) is 18.2 Å². The average molecular weight is 547 g/mol. The molecule has 0 bridgehead atoms. The molecule has 2 rings (SSSR count). The average Bonchev–Trinajstić information content (AvgIpc) is 3.64. The van der Waals surface area contributed by atoms with Crippen LogP contribution < -0.4 is 16.4 Å². The summed E-state index contributed by atoms with van der Waals surface area (Å²) in [5.41, 5.74) is 6.83. The quantitative estimate of drug-likeness (QED) is 0.321. The van der Waals surface area contributed by atoms with Crippen LogP contribution >= 0.6 is 0 Å². The summed E-state index contributed by atoms with van der Waals surface area (Å²) in [6, 6.07) is 3.18. The van der Waals surface area contributed by atoms with Crippen LogP contribution in [0.1, 0.15) is 82.5 Å². The third kappa shape index (κ3) is 9.88. The number of benzene rings is 1. The van der Waals surface area contributed by atoms with Crippen molar-refractivity contribution in [1.29, 1.82) is 0 Å². The van der Waals surface area contributed by atoms with Crippen molar-refractivity contribution in [2.24, 2.45) is 5.73 Å². The second kappa shape index (κ2) is 14.0. The van der Waals surface area contributed by atoms with Crippen LogP contribution in [0.3, 0.4) is 0 Å². The Hall–Kier alpha value is -3.63. The molecular weight excluding hydrogens is 504 g/mol. The predicted octanol–water partition coefficient (Wildman–Crippen LogP) is 2.56. The molecule has 39 heavy (non-hydrogen) atoms. The molecule has 4 N–H and O–H groups in total. The summed E-state index contributed by atoms with van der Waals surface area (Å²) in [5.74, 6) is -2.04. The Morgan fingerprint density at radius 1 is 1.08 bits per heavy atom. The van der Waals surface area contributed by atoms with Gasteiger partial charge in [-0.3, -0.25) is 19.2 Å². The summed E-state index contributed by atoms with van der Waals surface area (Å²) in [5, 5.41) is 5.37. The minimum Gasteiger partial charge on any atom is -0.466 e. The number of carbonyl (C=O) groups is 5. The van der Waals surface area contributed by atoms with Gasteiger partial charge >= 0.3 is 12.1 Å². The summed E-state index contributed by atoms with van der Waals surface area (Å²) in [7, 11) is 0. The van der Waals surface area contributed by atoms with Crippen molar-refractivity contribution in [2.75, 3.05) is 13.2 Å². The van der Waals surface area contributed by atoms with Crippen LogP contribution in [-0.4, -0.2) is 65.5 Å². The topological polar surface area (TPSA) is 157 Å². The van der Waals surface area contributed by atoms with Gasteiger partial charge in [-0.05, 0) is 77.5 Å². The summed E-state index contributed by atoms with van der Waals surface area (Å²) < 4.78 is 10.3. The van der Waals surface area contributed by atoms with Crippen molar-refractivity contribution in [3.8, 4) is 0 Å². The number of nitrogens with one attached hydrogen (secondary N) is 2. The van der Waals surface area contributed by atoms with E-state index in [0.29, 0.717) is 18.4 Å². The van der Waals surface area contributed by atoms with E-state index >= 15 is 0 Å². The van der Waals surface area contributed by atoms with Gasteiger partial charge < -0.3 is 30.7 Å². The van der Waals surface area contributed by atoms with Crippen molar-refractivity contribution >= 4 is 29.8 Å². The Kier molecular flexibility index (Phi) is 11.3. The molecule has 1 saturated carbocycles. The van der Waals surface area contributed by atoms with E-state index in [2.05, 4.69) is 10.6 Å². The van der Waals surface area contributed by atoms with Crippen LogP contribution in [0.25, 0.3) is 0 Å². The Morgan fingerprint density at radius 3 is 2.21 bits per heavy atom. The monoisotopic (exact) mass is 546 g/mol. The second-order valence-corrected chi connectivity index (χ2v) is 10.7. The van der Waals surface area contributed by atoms with Crippen LogP contribution in [0.4, 0.5) is 4.79 Å². The number of hydrogen-bond acceptors (Lipinski definition) is 7. The van der Waals surface area contributed by atoms with Gasteiger partial charge in [0.25, 0.3) is 0 Å². The molecule has 0 aromatic heterocycles. The van der Waals surface area contributed by atoms with Gasteiger partial charge in [0.2, 0.25) is 17.7 Å². The van der Waals surface area contributed by atoms with E-state index in [1.165, 1.54) is 4.90 Å². The minimum atomic E-state index is -1.15. The van der Waals surface area contributed by atoms with Crippen LogP contribution in [-0.2, 0) is 28.7 Å². The molecular formula is C28H42N4O7. The van der Waals surface area contributed by atoms with E-state index in [1.54, 1.807) is 27.7 Å². The number of amides is 4. The molecule has 0 heterocycles. The second-order valence-electron chi connectivity index (χ2n) is 10.7. The van der Waals surface area contributed by atoms with Crippen molar-refractivity contribution in [3.63, 3.8) is 0 Å². The summed E-state index contributed by atoms with van der Waals surface area (Å²) in [6.07, 6.45) is 0.322. The zero-order valence-electron chi connectivity index (χ0n) is 23.8. The number of esters is 1. The Bertz CT molecular complexity index is 1040. The fourth-order valence-electron chi connectivity index (χ4n) is 4.32. The molecule has 0 spiro atoms. The van der Waals surface area contributed by atoms with E-state index in [1.807, 2.05) is 32.0 Å². The van der Waals surface area contributed by atoms with E-state index in [0.717, 1.165) is 11.1 Å². The van der Waals surface area contributed by atoms with Gasteiger partial charge in [-0.25, -0.2) is 4.79 Å².